The minimum atomic E-state index is 0.522. The summed E-state index contributed by atoms with van der Waals surface area (Å²) in [5.74, 6) is 1.70. The van der Waals surface area contributed by atoms with Gasteiger partial charge in [-0.25, -0.2) is 0 Å². The number of nitrogens with zero attached hydrogens (tertiary/aromatic N) is 2. The van der Waals surface area contributed by atoms with Crippen LogP contribution in [-0.2, 0) is 35.9 Å². The number of rotatable bonds is 0. The summed E-state index contributed by atoms with van der Waals surface area (Å²) in [4.78, 5) is 0. The molecular weight excluding hydrogens is 633 g/mol. The molecule has 6 aromatic carbocycles. The van der Waals surface area contributed by atoms with Crippen LogP contribution in [0.5, 0.6) is 11.5 Å². The van der Waals surface area contributed by atoms with E-state index in [9.17, 15) is 0 Å². The van der Waals surface area contributed by atoms with Crippen molar-refractivity contribution in [3.05, 3.63) is 143 Å². The quantitative estimate of drug-likeness (QED) is 0.161. The van der Waals surface area contributed by atoms with E-state index in [1.807, 2.05) is 0 Å². The predicted molar refractivity (Wildman–Crippen MR) is 204 cm³/mol. The second kappa shape index (κ2) is 12.0. The van der Waals surface area contributed by atoms with Gasteiger partial charge < -0.3 is 28.1 Å². The third-order valence-electron chi connectivity index (χ3n) is 10.8. The van der Waals surface area contributed by atoms with Crippen LogP contribution in [0.15, 0.2) is 109 Å². The van der Waals surface area contributed by atoms with Gasteiger partial charge in [0.1, 0.15) is 11.5 Å². The summed E-state index contributed by atoms with van der Waals surface area (Å²) in [5, 5.41) is 4.93. The van der Waals surface area contributed by atoms with E-state index in [1.165, 1.54) is 54.8 Å². The fourth-order valence-corrected chi connectivity index (χ4v) is 8.18. The van der Waals surface area contributed by atoms with Crippen LogP contribution in [0.25, 0.3) is 55.0 Å². The van der Waals surface area contributed by atoms with Crippen molar-refractivity contribution in [2.75, 3.05) is 13.2 Å². The molecule has 6 heteroatoms. The number of hydrogen-bond acceptors (Lipinski definition) is 4. The normalized spacial score (nSPS) is 14.9. The molecule has 0 aliphatic carbocycles. The first-order valence-electron chi connectivity index (χ1n) is 17.8. The second-order valence-electron chi connectivity index (χ2n) is 13.9. The highest BCUT2D eigenvalue weighted by atomic mass is 16.5. The summed E-state index contributed by atoms with van der Waals surface area (Å²) in [6.45, 7) is 7.72. The van der Waals surface area contributed by atoms with Crippen LogP contribution < -0.4 is 9.47 Å². The Balaban J connectivity index is 1.19. The molecule has 51 heavy (non-hydrogen) atoms. The molecule has 0 radical (unpaired) electrons. The Hall–Kier alpha value is -5.56. The summed E-state index contributed by atoms with van der Waals surface area (Å²) in [6.07, 6.45) is 0.782. The molecule has 8 aromatic rings. The van der Waals surface area contributed by atoms with E-state index in [0.29, 0.717) is 39.6 Å². The minimum absolute atomic E-state index is 0.522. The van der Waals surface area contributed by atoms with Gasteiger partial charge in [-0.2, -0.15) is 0 Å². The number of benzene rings is 6. The lowest BCUT2D eigenvalue weighted by Gasteiger charge is -2.14. The molecule has 0 N–H and O–H groups in total. The van der Waals surface area contributed by atoms with E-state index < -0.39 is 0 Å². The van der Waals surface area contributed by atoms with E-state index >= 15 is 0 Å². The zero-order valence-corrected chi connectivity index (χ0v) is 28.9. The van der Waals surface area contributed by atoms with Crippen LogP contribution in [0, 0.1) is 13.8 Å². The lowest BCUT2D eigenvalue weighted by atomic mass is 10.0. The number of aromatic nitrogens is 2. The molecule has 0 saturated carbocycles. The summed E-state index contributed by atoms with van der Waals surface area (Å²) >= 11 is 0. The monoisotopic (exact) mass is 670 g/mol. The van der Waals surface area contributed by atoms with Crippen molar-refractivity contribution in [2.45, 2.75) is 46.7 Å². The Morgan fingerprint density at radius 1 is 0.451 bits per heavy atom. The lowest BCUT2D eigenvalue weighted by Crippen LogP contribution is -2.05. The topological polar surface area (TPSA) is 46.8 Å². The Bertz CT molecular complexity index is 2450. The number of ether oxygens (including phenoxy) is 4. The third-order valence-corrected chi connectivity index (χ3v) is 10.8. The molecule has 0 amide bonds. The Morgan fingerprint density at radius 2 is 0.882 bits per heavy atom. The van der Waals surface area contributed by atoms with Gasteiger partial charge in [-0.05, 0) is 132 Å². The SMILES string of the molecule is Cc1c2ccc3c1c1cc4ccc1n3-c1ccc(cc1)OCCCOc1ccc(cc1)-n1c3ccc(cc3c3c(C)c(ccc31)COC2)COC4. The molecule has 22 rings (SSSR count). The van der Waals surface area contributed by atoms with Gasteiger partial charge in [-0.3, -0.25) is 0 Å². The van der Waals surface area contributed by atoms with Crippen molar-refractivity contribution in [3.8, 4) is 22.9 Å². The highest BCUT2D eigenvalue weighted by Gasteiger charge is 2.20. The van der Waals surface area contributed by atoms with Crippen molar-refractivity contribution in [1.82, 2.24) is 9.13 Å². The first kappa shape index (κ1) is 30.3. The van der Waals surface area contributed by atoms with Gasteiger partial charge in [0, 0.05) is 39.3 Å². The maximum absolute atomic E-state index is 6.56. The molecule has 0 fully saturated rings. The average Bonchev–Trinajstić information content (AvgIpc) is 3.66. The van der Waals surface area contributed by atoms with E-state index in [4.69, 9.17) is 18.9 Å². The molecule has 0 saturated heterocycles. The molecule has 18 bridgehead atoms. The smallest absolute Gasteiger partial charge is 0.119 e. The van der Waals surface area contributed by atoms with E-state index in [1.54, 1.807) is 0 Å². The maximum atomic E-state index is 6.56. The van der Waals surface area contributed by atoms with Crippen molar-refractivity contribution in [2.24, 2.45) is 0 Å². The molecule has 0 spiro atoms. The van der Waals surface area contributed by atoms with Crippen LogP contribution in [0.2, 0.25) is 0 Å². The Labute approximate surface area is 296 Å². The van der Waals surface area contributed by atoms with Gasteiger partial charge in [0.25, 0.3) is 0 Å². The van der Waals surface area contributed by atoms with Gasteiger partial charge >= 0.3 is 0 Å². The van der Waals surface area contributed by atoms with Crippen LogP contribution in [-0.4, -0.2) is 22.3 Å². The standard InChI is InChI=1S/C45H38N2O4/c1-28-32-6-18-42-44(28)38-22-30-4-16-40(38)46(42)34-8-12-36(13-9-34)50-20-3-21-51-37-14-10-35(11-15-37)47-41-17-5-31(25-48-24-30)23-39(41)45-29(2)33(27-49-26-32)7-19-43(45)47/h4-19,22-23H,3,20-21,24-27H2,1-2H3. The summed E-state index contributed by atoms with van der Waals surface area (Å²) < 4.78 is 30.0. The summed E-state index contributed by atoms with van der Waals surface area (Å²) in [7, 11) is 0. The zero-order chi connectivity index (χ0) is 34.1. The largest absolute Gasteiger partial charge is 0.493 e. The first-order chi connectivity index (χ1) is 25.1. The molecule has 16 heterocycles. The van der Waals surface area contributed by atoms with Crippen molar-refractivity contribution < 1.29 is 18.9 Å². The third kappa shape index (κ3) is 5.01. The van der Waals surface area contributed by atoms with Gasteiger partial charge in [-0.1, -0.05) is 24.3 Å². The molecule has 2 aromatic heterocycles. The number of hydrogen-bond donors (Lipinski definition) is 0. The predicted octanol–water partition coefficient (Wildman–Crippen LogP) is 10.4. The van der Waals surface area contributed by atoms with E-state index in [-0.39, 0.29) is 0 Å². The highest BCUT2D eigenvalue weighted by Crippen LogP contribution is 2.39. The fraction of sp³-hybridized carbons (Fsp3) is 0.200. The van der Waals surface area contributed by atoms with Gasteiger partial charge in [0.15, 0.2) is 0 Å². The van der Waals surface area contributed by atoms with Gasteiger partial charge in [-0.15, -0.1) is 0 Å². The Kier molecular flexibility index (Phi) is 7.15. The molecule has 0 unspecified atom stereocenters. The lowest BCUT2D eigenvalue weighted by molar-refractivity contribution is 0.106. The zero-order valence-electron chi connectivity index (χ0n) is 28.9. The van der Waals surface area contributed by atoms with Crippen LogP contribution in [0.4, 0.5) is 0 Å². The molecule has 14 aliphatic rings. The molecule has 252 valence electrons. The Morgan fingerprint density at radius 3 is 1.35 bits per heavy atom. The highest BCUT2D eigenvalue weighted by molar-refractivity contribution is 6.12. The molecule has 0 atom stereocenters. The molecule has 6 nitrogen and oxygen atoms in total. The average molecular weight is 671 g/mol. The van der Waals surface area contributed by atoms with Crippen LogP contribution in [0.1, 0.15) is 39.8 Å². The summed E-state index contributed by atoms with van der Waals surface area (Å²) in [6, 6.07) is 39.3. The number of aryl methyl sites for hydroxylation is 2. The molecule has 14 aliphatic heterocycles. The summed E-state index contributed by atoms with van der Waals surface area (Å²) in [5.41, 5.74) is 14.0. The van der Waals surface area contributed by atoms with Crippen molar-refractivity contribution in [3.63, 3.8) is 0 Å². The fourth-order valence-electron chi connectivity index (χ4n) is 8.18. The van der Waals surface area contributed by atoms with E-state index in [0.717, 1.165) is 51.5 Å². The van der Waals surface area contributed by atoms with Crippen LogP contribution >= 0.6 is 0 Å². The van der Waals surface area contributed by atoms with Crippen molar-refractivity contribution >= 4 is 43.6 Å². The van der Waals surface area contributed by atoms with Crippen molar-refractivity contribution in [1.29, 1.82) is 0 Å². The first-order valence-corrected chi connectivity index (χ1v) is 17.8. The second-order valence-corrected chi connectivity index (χ2v) is 13.9. The van der Waals surface area contributed by atoms with Gasteiger partial charge in [0.2, 0.25) is 0 Å². The maximum Gasteiger partial charge on any atom is 0.119 e. The van der Waals surface area contributed by atoms with Crippen LogP contribution in [0.3, 0.4) is 0 Å². The molecular formula is C45H38N2O4. The minimum Gasteiger partial charge on any atom is -0.493 e. The van der Waals surface area contributed by atoms with Gasteiger partial charge in [0.05, 0.1) is 61.7 Å². The van der Waals surface area contributed by atoms with E-state index in [2.05, 4.69) is 132 Å².